The molecule has 0 saturated carbocycles. The minimum Gasteiger partial charge on any atom is -0.378 e. The van der Waals surface area contributed by atoms with Crippen molar-refractivity contribution in [1.29, 1.82) is 0 Å². The minimum atomic E-state index is -3.53. The molecule has 0 bridgehead atoms. The molecule has 2 N–H and O–H groups in total. The number of carbonyl (C=O) groups excluding carboxylic acids is 1. The fourth-order valence-corrected chi connectivity index (χ4v) is 4.59. The number of fused-ring (bicyclic) bond motifs is 1. The van der Waals surface area contributed by atoms with Crippen LogP contribution in [0.15, 0.2) is 53.9 Å². The number of anilines is 2. The van der Waals surface area contributed by atoms with Crippen LogP contribution in [0.1, 0.15) is 15.9 Å². The maximum absolute atomic E-state index is 12.8. The molecular formula is C24H24N6O4S. The molecule has 1 aliphatic rings. The zero-order valence-electron chi connectivity index (χ0n) is 19.3. The molecule has 0 aliphatic carbocycles. The van der Waals surface area contributed by atoms with Gasteiger partial charge >= 0.3 is 0 Å². The van der Waals surface area contributed by atoms with Crippen molar-refractivity contribution in [3.8, 4) is 11.3 Å². The number of hydrogen-bond acceptors (Lipinski definition) is 8. The third-order valence-electron chi connectivity index (χ3n) is 5.85. The molecular weight excluding hydrogens is 468 g/mol. The number of ether oxygens (including phenoxy) is 1. The van der Waals surface area contributed by atoms with Gasteiger partial charge < -0.3 is 19.9 Å². The second kappa shape index (κ2) is 9.08. The van der Waals surface area contributed by atoms with E-state index in [0.29, 0.717) is 18.9 Å². The smallest absolute Gasteiger partial charge is 0.255 e. The molecule has 10 nitrogen and oxygen atoms in total. The van der Waals surface area contributed by atoms with Crippen LogP contribution in [0.3, 0.4) is 0 Å². The average molecular weight is 493 g/mol. The number of sulfone groups is 1. The summed E-state index contributed by atoms with van der Waals surface area (Å²) in [5.74, 6) is 0.360. The Hall–Kier alpha value is -3.83. The molecule has 1 amide bonds. The van der Waals surface area contributed by atoms with Gasteiger partial charge in [-0.3, -0.25) is 4.79 Å². The SMILES string of the molecule is Cc1ccc(NC(=O)c2ccnc(S(C)(=O)=O)c2)cc1-c1cc2[nH]cnc2c(N2CCOCC2)n1. The van der Waals surface area contributed by atoms with Crippen molar-refractivity contribution in [1.82, 2.24) is 19.9 Å². The van der Waals surface area contributed by atoms with Gasteiger partial charge in [0.25, 0.3) is 5.91 Å². The zero-order valence-corrected chi connectivity index (χ0v) is 20.1. The van der Waals surface area contributed by atoms with Gasteiger partial charge in [-0.05, 0) is 42.8 Å². The lowest BCUT2D eigenvalue weighted by molar-refractivity contribution is 0.102. The van der Waals surface area contributed by atoms with Gasteiger partial charge in [0.1, 0.15) is 5.52 Å². The lowest BCUT2D eigenvalue weighted by Crippen LogP contribution is -2.37. The van der Waals surface area contributed by atoms with Crippen molar-refractivity contribution in [2.75, 3.05) is 42.8 Å². The summed E-state index contributed by atoms with van der Waals surface area (Å²) >= 11 is 0. The van der Waals surface area contributed by atoms with Crippen molar-refractivity contribution in [2.24, 2.45) is 0 Å². The predicted octanol–water partition coefficient (Wildman–Crippen LogP) is 2.82. The first kappa shape index (κ1) is 22.9. The van der Waals surface area contributed by atoms with Gasteiger partial charge in [0.2, 0.25) is 0 Å². The molecule has 5 rings (SSSR count). The topological polar surface area (TPSA) is 130 Å². The van der Waals surface area contributed by atoms with Gasteiger partial charge in [-0.15, -0.1) is 0 Å². The Morgan fingerprint density at radius 3 is 2.69 bits per heavy atom. The monoisotopic (exact) mass is 492 g/mol. The molecule has 0 spiro atoms. The number of aromatic nitrogens is 4. The second-order valence-electron chi connectivity index (χ2n) is 8.37. The molecule has 4 heterocycles. The van der Waals surface area contributed by atoms with E-state index in [-0.39, 0.29) is 10.6 Å². The second-order valence-corrected chi connectivity index (χ2v) is 10.3. The van der Waals surface area contributed by atoms with Crippen molar-refractivity contribution in [3.63, 3.8) is 0 Å². The number of amides is 1. The molecule has 0 radical (unpaired) electrons. The Morgan fingerprint density at radius 1 is 1.11 bits per heavy atom. The summed E-state index contributed by atoms with van der Waals surface area (Å²) < 4.78 is 29.1. The Kier molecular flexibility index (Phi) is 5.95. The number of pyridine rings is 2. The van der Waals surface area contributed by atoms with Crippen molar-refractivity contribution in [2.45, 2.75) is 11.9 Å². The Morgan fingerprint density at radius 2 is 1.91 bits per heavy atom. The van der Waals surface area contributed by atoms with E-state index in [2.05, 4.69) is 25.2 Å². The van der Waals surface area contributed by atoms with E-state index in [1.165, 1.54) is 18.3 Å². The third kappa shape index (κ3) is 4.73. The number of benzene rings is 1. The molecule has 35 heavy (non-hydrogen) atoms. The first-order valence-corrected chi connectivity index (χ1v) is 12.9. The van der Waals surface area contributed by atoms with E-state index in [9.17, 15) is 13.2 Å². The molecule has 4 aromatic rings. The van der Waals surface area contributed by atoms with Crippen molar-refractivity contribution >= 4 is 38.3 Å². The molecule has 11 heteroatoms. The highest BCUT2D eigenvalue weighted by Crippen LogP contribution is 2.31. The van der Waals surface area contributed by atoms with Crippen LogP contribution in [0.2, 0.25) is 0 Å². The van der Waals surface area contributed by atoms with Gasteiger partial charge in [-0.1, -0.05) is 6.07 Å². The average Bonchev–Trinajstić information content (AvgIpc) is 3.33. The number of hydrogen-bond donors (Lipinski definition) is 2. The van der Waals surface area contributed by atoms with Crippen LogP contribution in [0.25, 0.3) is 22.3 Å². The summed E-state index contributed by atoms with van der Waals surface area (Å²) in [5.41, 5.74) is 5.04. The summed E-state index contributed by atoms with van der Waals surface area (Å²) in [6.07, 6.45) is 4.02. The van der Waals surface area contributed by atoms with Crippen LogP contribution in [0.5, 0.6) is 0 Å². The number of aryl methyl sites for hydroxylation is 1. The number of nitrogens with zero attached hydrogens (tertiary/aromatic N) is 4. The predicted molar refractivity (Wildman–Crippen MR) is 132 cm³/mol. The fraction of sp³-hybridized carbons (Fsp3) is 0.250. The molecule has 1 aromatic carbocycles. The largest absolute Gasteiger partial charge is 0.378 e. The summed E-state index contributed by atoms with van der Waals surface area (Å²) in [6.45, 7) is 4.71. The summed E-state index contributed by atoms with van der Waals surface area (Å²) in [4.78, 5) is 31.4. The minimum absolute atomic E-state index is 0.151. The van der Waals surface area contributed by atoms with Gasteiger partial charge in [-0.25, -0.2) is 23.4 Å². The maximum Gasteiger partial charge on any atom is 0.255 e. The number of rotatable bonds is 5. The van der Waals surface area contributed by atoms with Crippen molar-refractivity contribution < 1.29 is 17.9 Å². The number of carbonyl (C=O) groups is 1. The first-order valence-electron chi connectivity index (χ1n) is 11.0. The van der Waals surface area contributed by atoms with Crippen LogP contribution in [0, 0.1) is 6.92 Å². The Labute approximate surface area is 202 Å². The quantitative estimate of drug-likeness (QED) is 0.435. The molecule has 3 aromatic heterocycles. The highest BCUT2D eigenvalue weighted by molar-refractivity contribution is 7.90. The number of aromatic amines is 1. The first-order chi connectivity index (χ1) is 16.8. The van der Waals surface area contributed by atoms with Gasteiger partial charge in [-0.2, -0.15) is 0 Å². The number of imidazole rings is 1. The van der Waals surface area contributed by atoms with Gasteiger partial charge in [0, 0.05) is 42.4 Å². The Balaban J connectivity index is 1.49. The summed E-state index contributed by atoms with van der Waals surface area (Å²) in [6, 6.07) is 10.3. The van der Waals surface area contributed by atoms with Gasteiger partial charge in [0.15, 0.2) is 20.7 Å². The number of H-pyrrole nitrogens is 1. The van der Waals surface area contributed by atoms with Crippen LogP contribution >= 0.6 is 0 Å². The fourth-order valence-electron chi connectivity index (χ4n) is 3.99. The summed E-state index contributed by atoms with van der Waals surface area (Å²) in [7, 11) is -3.53. The molecule has 0 unspecified atom stereocenters. The van der Waals surface area contributed by atoms with Crippen LogP contribution in [-0.2, 0) is 14.6 Å². The van der Waals surface area contributed by atoms with E-state index in [4.69, 9.17) is 9.72 Å². The molecule has 0 atom stereocenters. The van der Waals surface area contributed by atoms with Crippen LogP contribution in [-0.4, -0.2) is 66.8 Å². The van der Waals surface area contributed by atoms with Crippen LogP contribution in [0.4, 0.5) is 11.5 Å². The third-order valence-corrected chi connectivity index (χ3v) is 6.83. The van der Waals surface area contributed by atoms with E-state index in [1.54, 1.807) is 12.4 Å². The normalized spacial score (nSPS) is 14.3. The highest BCUT2D eigenvalue weighted by atomic mass is 32.2. The zero-order chi connectivity index (χ0) is 24.6. The van der Waals surface area contributed by atoms with Gasteiger partial charge in [0.05, 0.1) is 30.8 Å². The standard InChI is InChI=1S/C24H24N6O4S/c1-15-3-4-17(28-24(31)16-5-6-25-21(11-16)35(2,32)33)12-18(15)19-13-20-22(27-14-26-20)23(29-19)30-7-9-34-10-8-30/h3-6,11-14H,7-10H2,1-2H3,(H,26,27)(H,28,31). The lowest BCUT2D eigenvalue weighted by Gasteiger charge is -2.28. The van der Waals surface area contributed by atoms with E-state index in [1.807, 2.05) is 25.1 Å². The maximum atomic E-state index is 12.8. The molecule has 1 aliphatic heterocycles. The molecule has 1 saturated heterocycles. The van der Waals surface area contributed by atoms with Crippen LogP contribution < -0.4 is 10.2 Å². The van der Waals surface area contributed by atoms with Crippen molar-refractivity contribution in [3.05, 3.63) is 60.0 Å². The van der Waals surface area contributed by atoms with E-state index in [0.717, 1.165) is 53.0 Å². The summed E-state index contributed by atoms with van der Waals surface area (Å²) in [5, 5.41) is 2.70. The molecule has 180 valence electrons. The van der Waals surface area contributed by atoms with E-state index < -0.39 is 15.7 Å². The van der Waals surface area contributed by atoms with E-state index >= 15 is 0 Å². The molecule has 1 fully saturated rings. The number of nitrogens with one attached hydrogen (secondary N) is 2. The highest BCUT2D eigenvalue weighted by Gasteiger charge is 2.20. The number of morpholine rings is 1. The lowest BCUT2D eigenvalue weighted by atomic mass is 10.0. The Bertz CT molecular complexity index is 1530.